The fraction of sp³-hybridized carbons (Fsp3) is 0. The van der Waals surface area contributed by atoms with Crippen LogP contribution in [0.25, 0.3) is 0 Å². The Morgan fingerprint density at radius 1 is 0.536 bits per heavy atom. The van der Waals surface area contributed by atoms with E-state index in [9.17, 15) is 19.2 Å². The molecule has 2 rings (SSSR count). The zero-order chi connectivity index (χ0) is 21.4. The molecule has 0 unspecified atom stereocenters. The van der Waals surface area contributed by atoms with Crippen LogP contribution < -0.4 is 0 Å². The molecule has 140 valence electrons. The zero-order valence-corrected chi connectivity index (χ0v) is 13.8. The van der Waals surface area contributed by atoms with E-state index in [4.69, 9.17) is 30.9 Å². The molecule has 0 aliphatic carbocycles. The monoisotopic (exact) mass is 382 g/mol. The minimum atomic E-state index is -1.26. The fourth-order valence-electron chi connectivity index (χ4n) is 1.88. The Morgan fingerprint density at radius 2 is 0.750 bits per heavy atom. The molecule has 2 aromatic rings. The summed E-state index contributed by atoms with van der Waals surface area (Å²) in [7, 11) is 0. The third kappa shape index (κ3) is 5.68. The standard InChI is InChI=1S/2C9H5NO4/c2*10-4-5-1-6(8(11)12)3-7(2-5)9(13)14/h2*1-3H,(H,11,12)(H,13,14). The Balaban J connectivity index is 0.000000280. The van der Waals surface area contributed by atoms with E-state index in [2.05, 4.69) is 0 Å². The lowest BCUT2D eigenvalue weighted by Gasteiger charge is -1.98. The number of rotatable bonds is 4. The first-order chi connectivity index (χ1) is 13.1. The smallest absolute Gasteiger partial charge is 0.335 e. The average molecular weight is 382 g/mol. The summed E-state index contributed by atoms with van der Waals surface area (Å²) in [6, 6.07) is 9.87. The highest BCUT2D eigenvalue weighted by molar-refractivity contribution is 5.95. The van der Waals surface area contributed by atoms with Crippen molar-refractivity contribution in [1.29, 1.82) is 10.5 Å². The molecule has 0 fully saturated rings. The molecular formula is C18H10N2O8. The molecule has 0 atom stereocenters. The van der Waals surface area contributed by atoms with E-state index in [0.29, 0.717) is 0 Å². The molecule has 10 heteroatoms. The van der Waals surface area contributed by atoms with Gasteiger partial charge < -0.3 is 20.4 Å². The normalized spacial score (nSPS) is 9.07. The van der Waals surface area contributed by atoms with Crippen molar-refractivity contribution in [2.45, 2.75) is 0 Å². The van der Waals surface area contributed by atoms with Gasteiger partial charge in [-0.25, -0.2) is 19.2 Å². The summed E-state index contributed by atoms with van der Waals surface area (Å²) in [6.45, 7) is 0. The molecule has 0 spiro atoms. The number of carboxylic acids is 4. The molecule has 0 aliphatic rings. The van der Waals surface area contributed by atoms with Crippen LogP contribution in [0, 0.1) is 22.7 Å². The molecule has 0 radical (unpaired) electrons. The maximum Gasteiger partial charge on any atom is 0.335 e. The van der Waals surface area contributed by atoms with Crippen LogP contribution in [0.2, 0.25) is 0 Å². The van der Waals surface area contributed by atoms with Crippen molar-refractivity contribution in [2.24, 2.45) is 0 Å². The number of aromatic carboxylic acids is 4. The van der Waals surface area contributed by atoms with Gasteiger partial charge in [-0.15, -0.1) is 0 Å². The first-order valence-electron chi connectivity index (χ1n) is 7.12. The Labute approximate surface area is 156 Å². The molecule has 0 saturated carbocycles. The van der Waals surface area contributed by atoms with Gasteiger partial charge in [-0.05, 0) is 36.4 Å². The molecule has 28 heavy (non-hydrogen) atoms. The number of nitriles is 2. The highest BCUT2D eigenvalue weighted by Gasteiger charge is 2.11. The van der Waals surface area contributed by atoms with E-state index in [1.54, 1.807) is 12.1 Å². The Bertz CT molecular complexity index is 910. The Kier molecular flexibility index (Phi) is 6.95. The number of carbonyl (C=O) groups is 4. The first-order valence-corrected chi connectivity index (χ1v) is 7.12. The van der Waals surface area contributed by atoms with Gasteiger partial charge in [0.05, 0.1) is 45.5 Å². The highest BCUT2D eigenvalue weighted by Crippen LogP contribution is 2.11. The summed E-state index contributed by atoms with van der Waals surface area (Å²) in [5.74, 6) is -5.04. The molecule has 0 aliphatic heterocycles. The topological polar surface area (TPSA) is 197 Å². The SMILES string of the molecule is N#Cc1cc(C(=O)O)cc(C(=O)O)c1.N#Cc1cc(C(=O)O)cc(C(=O)O)c1. The average Bonchev–Trinajstić information content (AvgIpc) is 2.67. The summed E-state index contributed by atoms with van der Waals surface area (Å²) < 4.78 is 0. The number of hydrogen-bond acceptors (Lipinski definition) is 6. The van der Waals surface area contributed by atoms with Crippen molar-refractivity contribution in [3.8, 4) is 12.1 Å². The van der Waals surface area contributed by atoms with Crippen LogP contribution in [0.3, 0.4) is 0 Å². The summed E-state index contributed by atoms with van der Waals surface area (Å²) >= 11 is 0. The van der Waals surface area contributed by atoms with E-state index < -0.39 is 23.9 Å². The van der Waals surface area contributed by atoms with Crippen LogP contribution in [-0.2, 0) is 0 Å². The minimum Gasteiger partial charge on any atom is -0.478 e. The lowest BCUT2D eigenvalue weighted by atomic mass is 10.1. The first kappa shape index (κ1) is 21.3. The zero-order valence-electron chi connectivity index (χ0n) is 13.8. The van der Waals surface area contributed by atoms with Crippen molar-refractivity contribution in [3.05, 3.63) is 69.8 Å². The van der Waals surface area contributed by atoms with Crippen LogP contribution in [0.15, 0.2) is 36.4 Å². The van der Waals surface area contributed by atoms with Crippen LogP contribution >= 0.6 is 0 Å². The quantitative estimate of drug-likeness (QED) is 0.606. The van der Waals surface area contributed by atoms with Crippen LogP contribution in [0.5, 0.6) is 0 Å². The number of benzene rings is 2. The molecule has 10 nitrogen and oxygen atoms in total. The van der Waals surface area contributed by atoms with Gasteiger partial charge in [-0.3, -0.25) is 0 Å². The second-order valence-electron chi connectivity index (χ2n) is 5.04. The third-order valence-electron chi connectivity index (χ3n) is 3.11. The summed E-state index contributed by atoms with van der Waals surface area (Å²) in [6.07, 6.45) is 0. The van der Waals surface area contributed by atoms with Gasteiger partial charge >= 0.3 is 23.9 Å². The van der Waals surface area contributed by atoms with Gasteiger partial charge in [-0.2, -0.15) is 10.5 Å². The second-order valence-corrected chi connectivity index (χ2v) is 5.04. The summed E-state index contributed by atoms with van der Waals surface area (Å²) in [5, 5.41) is 51.5. The van der Waals surface area contributed by atoms with Gasteiger partial charge in [0.2, 0.25) is 0 Å². The largest absolute Gasteiger partial charge is 0.478 e. The van der Waals surface area contributed by atoms with E-state index >= 15 is 0 Å². The maximum absolute atomic E-state index is 10.5. The van der Waals surface area contributed by atoms with E-state index in [1.165, 1.54) is 0 Å². The predicted molar refractivity (Wildman–Crippen MR) is 90.2 cm³/mol. The second kappa shape index (κ2) is 9.12. The molecule has 0 bridgehead atoms. The van der Waals surface area contributed by atoms with Crippen molar-refractivity contribution < 1.29 is 39.6 Å². The van der Waals surface area contributed by atoms with Crippen molar-refractivity contribution in [1.82, 2.24) is 0 Å². The minimum absolute atomic E-state index is 0.0160. The Hall–Kier alpha value is -4.70. The Morgan fingerprint density at radius 3 is 0.893 bits per heavy atom. The van der Waals surface area contributed by atoms with Crippen molar-refractivity contribution in [2.75, 3.05) is 0 Å². The highest BCUT2D eigenvalue weighted by atomic mass is 16.4. The van der Waals surface area contributed by atoms with Gasteiger partial charge in [0.25, 0.3) is 0 Å². The lowest BCUT2D eigenvalue weighted by molar-refractivity contribution is 0.0676. The predicted octanol–water partition coefficient (Wildman–Crippen LogP) is 1.91. The summed E-state index contributed by atoms with van der Waals surface area (Å²) in [4.78, 5) is 42.2. The van der Waals surface area contributed by atoms with Crippen molar-refractivity contribution in [3.63, 3.8) is 0 Å². The fourth-order valence-corrected chi connectivity index (χ4v) is 1.88. The van der Waals surface area contributed by atoms with Crippen LogP contribution in [0.1, 0.15) is 52.6 Å². The molecule has 0 amide bonds. The number of nitrogens with zero attached hydrogens (tertiary/aromatic N) is 2. The van der Waals surface area contributed by atoms with E-state index in [-0.39, 0.29) is 33.4 Å². The lowest BCUT2D eigenvalue weighted by Crippen LogP contribution is -2.03. The summed E-state index contributed by atoms with van der Waals surface area (Å²) in [5.41, 5.74) is -0.796. The maximum atomic E-state index is 10.5. The van der Waals surface area contributed by atoms with E-state index in [0.717, 1.165) is 36.4 Å². The van der Waals surface area contributed by atoms with Gasteiger partial charge in [0, 0.05) is 0 Å². The molecule has 4 N–H and O–H groups in total. The van der Waals surface area contributed by atoms with Gasteiger partial charge in [-0.1, -0.05) is 0 Å². The van der Waals surface area contributed by atoms with Gasteiger partial charge in [0.15, 0.2) is 0 Å². The number of carboxylic acid groups (broad SMARTS) is 4. The molecular weight excluding hydrogens is 372 g/mol. The molecule has 0 aromatic heterocycles. The van der Waals surface area contributed by atoms with Crippen LogP contribution in [0.4, 0.5) is 0 Å². The van der Waals surface area contributed by atoms with E-state index in [1.807, 2.05) is 0 Å². The van der Waals surface area contributed by atoms with Gasteiger partial charge in [0.1, 0.15) is 0 Å². The van der Waals surface area contributed by atoms with Crippen molar-refractivity contribution >= 4 is 23.9 Å². The van der Waals surface area contributed by atoms with Crippen LogP contribution in [-0.4, -0.2) is 44.3 Å². The molecule has 0 heterocycles. The molecule has 2 aromatic carbocycles. The third-order valence-corrected chi connectivity index (χ3v) is 3.11. The molecule has 0 saturated heterocycles. The number of hydrogen-bond donors (Lipinski definition) is 4.